The van der Waals surface area contributed by atoms with E-state index >= 15 is 0 Å². The molecule has 5 aromatic rings. The van der Waals surface area contributed by atoms with Crippen LogP contribution in [0.2, 0.25) is 0 Å². The molecule has 0 fully saturated rings. The average molecular weight is 418 g/mol. The zero-order valence-electron chi connectivity index (χ0n) is 17.0. The third-order valence-corrected chi connectivity index (χ3v) is 4.53. The molecule has 0 aliphatic heterocycles. The van der Waals surface area contributed by atoms with Gasteiger partial charge in [-0.05, 0) is 48.5 Å². The zero-order valence-corrected chi connectivity index (χ0v) is 17.0. The Morgan fingerprint density at radius 1 is 0.531 bits per heavy atom. The van der Waals surface area contributed by atoms with Crippen LogP contribution in [0, 0.1) is 0 Å². The molecule has 2 heterocycles. The van der Waals surface area contributed by atoms with Gasteiger partial charge in [0, 0.05) is 0 Å². The summed E-state index contributed by atoms with van der Waals surface area (Å²) in [7, 11) is 0. The molecule has 8 heteroatoms. The van der Waals surface area contributed by atoms with Gasteiger partial charge < -0.3 is 0 Å². The van der Waals surface area contributed by atoms with E-state index in [1.165, 1.54) is 0 Å². The van der Waals surface area contributed by atoms with Gasteiger partial charge in [-0.15, -0.1) is 10.2 Å². The molecule has 0 saturated carbocycles. The van der Waals surface area contributed by atoms with Crippen molar-refractivity contribution in [2.24, 2.45) is 9.98 Å². The molecule has 0 aliphatic rings. The number of hydrogen-bond acceptors (Lipinski definition) is 6. The molecule has 0 saturated heterocycles. The maximum Gasteiger partial charge on any atom is 0.124 e. The van der Waals surface area contributed by atoms with Gasteiger partial charge in [-0.2, -0.15) is 19.8 Å². The zero-order chi connectivity index (χ0) is 21.6. The molecule has 0 aliphatic carbocycles. The van der Waals surface area contributed by atoms with E-state index in [-0.39, 0.29) is 0 Å². The molecule has 154 valence electrons. The lowest BCUT2D eigenvalue weighted by atomic mass is 10.3. The van der Waals surface area contributed by atoms with E-state index in [0.29, 0.717) is 11.4 Å². The monoisotopic (exact) mass is 418 g/mol. The van der Waals surface area contributed by atoms with Crippen LogP contribution in [0.3, 0.4) is 0 Å². The number of aliphatic imine (C=N–C) groups is 2. The smallest absolute Gasteiger partial charge is 0.124 e. The highest BCUT2D eigenvalue weighted by Gasteiger charge is 2.01. The molecule has 0 N–H and O–H groups in total. The number of rotatable bonds is 6. The average Bonchev–Trinajstić information content (AvgIpc) is 3.53. The summed E-state index contributed by atoms with van der Waals surface area (Å²) >= 11 is 0. The minimum atomic E-state index is 0.678. The first-order chi connectivity index (χ1) is 15.8. The lowest BCUT2D eigenvalue weighted by Crippen LogP contribution is -1.98. The predicted octanol–water partition coefficient (Wildman–Crippen LogP) is 4.35. The minimum absolute atomic E-state index is 0.678. The van der Waals surface area contributed by atoms with Gasteiger partial charge in [0.05, 0.1) is 47.6 Å². The van der Waals surface area contributed by atoms with Crippen molar-refractivity contribution in [2.45, 2.75) is 0 Å². The van der Waals surface area contributed by atoms with E-state index in [1.807, 2.05) is 84.9 Å². The molecule has 8 nitrogen and oxygen atoms in total. The Morgan fingerprint density at radius 3 is 1.34 bits per heavy atom. The van der Waals surface area contributed by atoms with Crippen LogP contribution in [-0.4, -0.2) is 42.4 Å². The van der Waals surface area contributed by atoms with Crippen molar-refractivity contribution in [1.29, 1.82) is 0 Å². The van der Waals surface area contributed by atoms with Crippen molar-refractivity contribution in [2.75, 3.05) is 0 Å². The number of hydrogen-bond donors (Lipinski definition) is 0. The van der Waals surface area contributed by atoms with Gasteiger partial charge in [0.25, 0.3) is 0 Å². The number of para-hydroxylation sites is 2. The summed E-state index contributed by atoms with van der Waals surface area (Å²) in [5.74, 6) is 0. The molecular weight excluding hydrogens is 400 g/mol. The highest BCUT2D eigenvalue weighted by atomic mass is 15.5. The van der Waals surface area contributed by atoms with Crippen LogP contribution in [0.4, 0.5) is 11.4 Å². The van der Waals surface area contributed by atoms with E-state index in [1.54, 1.807) is 34.4 Å². The van der Waals surface area contributed by atoms with Crippen molar-refractivity contribution in [3.63, 3.8) is 0 Å². The number of nitrogens with zero attached hydrogens (tertiary/aromatic N) is 8. The van der Waals surface area contributed by atoms with E-state index in [2.05, 4.69) is 30.4 Å². The lowest BCUT2D eigenvalue weighted by Gasteiger charge is -1.97. The SMILES string of the molecule is C(=Nc1ccc(N=Cc2cnn(-c3ccccc3)n2)cc1)c1cnn(-c2ccccc2)n1. The second kappa shape index (κ2) is 8.97. The summed E-state index contributed by atoms with van der Waals surface area (Å²) in [6, 6.07) is 27.1. The van der Waals surface area contributed by atoms with E-state index in [9.17, 15) is 0 Å². The summed E-state index contributed by atoms with van der Waals surface area (Å²) in [4.78, 5) is 12.1. The van der Waals surface area contributed by atoms with Crippen LogP contribution in [0.25, 0.3) is 11.4 Å². The van der Waals surface area contributed by atoms with Crippen molar-refractivity contribution in [3.8, 4) is 11.4 Å². The van der Waals surface area contributed by atoms with Gasteiger partial charge in [-0.3, -0.25) is 9.98 Å². The Bertz CT molecular complexity index is 1240. The molecule has 0 amide bonds. The van der Waals surface area contributed by atoms with Crippen LogP contribution < -0.4 is 0 Å². The number of aromatic nitrogens is 6. The largest absolute Gasteiger partial charge is 0.255 e. The Labute approximate surface area is 184 Å². The van der Waals surface area contributed by atoms with Gasteiger partial charge in [0.1, 0.15) is 11.4 Å². The van der Waals surface area contributed by atoms with Gasteiger partial charge >= 0.3 is 0 Å². The van der Waals surface area contributed by atoms with E-state index < -0.39 is 0 Å². The standard InChI is InChI=1S/C24H18N8/c1-3-7-23(8-4-1)31-27-17-21(29-31)15-25-19-11-13-20(14-12-19)26-16-22-18-28-32(30-22)24-9-5-2-6-10-24/h1-18H. The van der Waals surface area contributed by atoms with Crippen molar-refractivity contribution >= 4 is 23.8 Å². The third kappa shape index (κ3) is 4.54. The number of benzene rings is 3. The van der Waals surface area contributed by atoms with E-state index in [4.69, 9.17) is 0 Å². The fraction of sp³-hybridized carbons (Fsp3) is 0. The highest BCUT2D eigenvalue weighted by molar-refractivity contribution is 5.80. The van der Waals surface area contributed by atoms with Gasteiger partial charge in [-0.1, -0.05) is 36.4 Å². The van der Waals surface area contributed by atoms with E-state index in [0.717, 1.165) is 22.7 Å². The Hall–Kier alpha value is -4.72. The minimum Gasteiger partial charge on any atom is -0.255 e. The molecule has 0 bridgehead atoms. The third-order valence-electron chi connectivity index (χ3n) is 4.53. The summed E-state index contributed by atoms with van der Waals surface area (Å²) in [5, 5.41) is 17.4. The normalized spacial score (nSPS) is 11.5. The summed E-state index contributed by atoms with van der Waals surface area (Å²) in [5.41, 5.74) is 4.76. The van der Waals surface area contributed by atoms with Crippen LogP contribution in [0.5, 0.6) is 0 Å². The van der Waals surface area contributed by atoms with Gasteiger partial charge in [-0.25, -0.2) is 0 Å². The molecule has 0 radical (unpaired) electrons. The topological polar surface area (TPSA) is 86.1 Å². The molecule has 32 heavy (non-hydrogen) atoms. The molecular formula is C24H18N8. The maximum absolute atomic E-state index is 4.46. The summed E-state index contributed by atoms with van der Waals surface area (Å²) in [6.07, 6.45) is 6.73. The van der Waals surface area contributed by atoms with Crippen molar-refractivity contribution < 1.29 is 0 Å². The van der Waals surface area contributed by atoms with Crippen LogP contribution in [0.15, 0.2) is 107 Å². The van der Waals surface area contributed by atoms with Gasteiger partial charge in [0.2, 0.25) is 0 Å². The summed E-state index contributed by atoms with van der Waals surface area (Å²) < 4.78 is 0. The summed E-state index contributed by atoms with van der Waals surface area (Å²) in [6.45, 7) is 0. The lowest BCUT2D eigenvalue weighted by molar-refractivity contribution is 0.751. The second-order valence-electron chi connectivity index (χ2n) is 6.82. The second-order valence-corrected chi connectivity index (χ2v) is 6.82. The Balaban J connectivity index is 1.23. The molecule has 0 atom stereocenters. The van der Waals surface area contributed by atoms with Crippen molar-refractivity contribution in [1.82, 2.24) is 30.0 Å². The van der Waals surface area contributed by atoms with Crippen molar-refractivity contribution in [3.05, 3.63) is 109 Å². The first-order valence-electron chi connectivity index (χ1n) is 9.97. The predicted molar refractivity (Wildman–Crippen MR) is 124 cm³/mol. The quantitative estimate of drug-likeness (QED) is 0.384. The highest BCUT2D eigenvalue weighted by Crippen LogP contribution is 2.18. The molecule has 0 unspecified atom stereocenters. The molecule has 0 spiro atoms. The molecule has 2 aromatic heterocycles. The Morgan fingerprint density at radius 2 is 0.938 bits per heavy atom. The fourth-order valence-electron chi connectivity index (χ4n) is 2.95. The first kappa shape index (κ1) is 19.3. The Kier molecular flexibility index (Phi) is 5.40. The fourth-order valence-corrected chi connectivity index (χ4v) is 2.95. The molecule has 5 rings (SSSR count). The van der Waals surface area contributed by atoms with Gasteiger partial charge in [0.15, 0.2) is 0 Å². The molecule has 3 aromatic carbocycles. The van der Waals surface area contributed by atoms with Crippen LogP contribution in [0.1, 0.15) is 11.4 Å². The maximum atomic E-state index is 4.46. The van der Waals surface area contributed by atoms with Crippen LogP contribution >= 0.6 is 0 Å². The van der Waals surface area contributed by atoms with Crippen LogP contribution in [-0.2, 0) is 0 Å². The first-order valence-corrected chi connectivity index (χ1v) is 9.97.